The lowest BCUT2D eigenvalue weighted by Crippen LogP contribution is -2.17. The van der Waals surface area contributed by atoms with Gasteiger partial charge in [-0.1, -0.05) is 37.3 Å². The molecule has 0 bridgehead atoms. The molecular weight excluding hydrogens is 312 g/mol. The lowest BCUT2D eigenvalue weighted by molar-refractivity contribution is 0.599. The van der Waals surface area contributed by atoms with E-state index in [2.05, 4.69) is 32.4 Å². The first-order valence-corrected chi connectivity index (χ1v) is 9.36. The van der Waals surface area contributed by atoms with Gasteiger partial charge in [0.1, 0.15) is 5.82 Å². The van der Waals surface area contributed by atoms with Crippen LogP contribution in [-0.4, -0.2) is 30.9 Å². The van der Waals surface area contributed by atoms with E-state index in [-0.39, 0.29) is 11.6 Å². The predicted molar refractivity (Wildman–Crippen MR) is 93.0 cm³/mol. The van der Waals surface area contributed by atoms with Crippen molar-refractivity contribution < 1.29 is 8.42 Å². The molecule has 0 amide bonds. The Morgan fingerprint density at radius 3 is 2.35 bits per heavy atom. The highest BCUT2D eigenvalue weighted by Crippen LogP contribution is 2.09. The molecule has 6 nitrogen and oxygen atoms in total. The second-order valence-electron chi connectivity index (χ2n) is 5.24. The fourth-order valence-corrected chi connectivity index (χ4v) is 3.18. The van der Waals surface area contributed by atoms with Gasteiger partial charge in [-0.25, -0.2) is 8.42 Å². The number of rotatable bonds is 9. The highest BCUT2D eigenvalue weighted by molar-refractivity contribution is 7.92. The summed E-state index contributed by atoms with van der Waals surface area (Å²) >= 11 is 0. The zero-order valence-corrected chi connectivity index (χ0v) is 14.0. The molecule has 124 valence electrons. The molecule has 0 fully saturated rings. The summed E-state index contributed by atoms with van der Waals surface area (Å²) < 4.78 is 25.7. The molecule has 1 aromatic heterocycles. The van der Waals surface area contributed by atoms with Crippen molar-refractivity contribution in [1.29, 1.82) is 0 Å². The van der Waals surface area contributed by atoms with Crippen LogP contribution in [0.1, 0.15) is 25.3 Å². The SMILES string of the molecule is CCCS(=O)(=O)Nc1ccc(NCCCc2ccccc2)nn1. The second-order valence-corrected chi connectivity index (χ2v) is 7.08. The Balaban J connectivity index is 1.77. The highest BCUT2D eigenvalue weighted by Gasteiger charge is 2.09. The topological polar surface area (TPSA) is 84.0 Å². The number of aromatic nitrogens is 2. The number of anilines is 2. The molecule has 0 aliphatic rings. The van der Waals surface area contributed by atoms with E-state index in [0.29, 0.717) is 12.2 Å². The van der Waals surface area contributed by atoms with Crippen molar-refractivity contribution in [2.45, 2.75) is 26.2 Å². The van der Waals surface area contributed by atoms with Crippen molar-refractivity contribution in [2.24, 2.45) is 0 Å². The summed E-state index contributed by atoms with van der Waals surface area (Å²) in [5.74, 6) is 0.957. The highest BCUT2D eigenvalue weighted by atomic mass is 32.2. The molecule has 0 atom stereocenters. The maximum Gasteiger partial charge on any atom is 0.233 e. The van der Waals surface area contributed by atoms with E-state index in [9.17, 15) is 8.42 Å². The molecule has 23 heavy (non-hydrogen) atoms. The first-order chi connectivity index (χ1) is 11.1. The number of sulfonamides is 1. The van der Waals surface area contributed by atoms with E-state index in [1.54, 1.807) is 12.1 Å². The Bertz CT molecular complexity index is 688. The number of aryl methyl sites for hydroxylation is 1. The summed E-state index contributed by atoms with van der Waals surface area (Å²) in [6, 6.07) is 13.6. The van der Waals surface area contributed by atoms with Crippen molar-refractivity contribution in [3.8, 4) is 0 Å². The Labute approximate surface area is 137 Å². The van der Waals surface area contributed by atoms with Crippen molar-refractivity contribution in [3.05, 3.63) is 48.0 Å². The van der Waals surface area contributed by atoms with E-state index >= 15 is 0 Å². The molecule has 2 N–H and O–H groups in total. The molecule has 0 radical (unpaired) electrons. The van der Waals surface area contributed by atoms with Crippen LogP contribution in [0.5, 0.6) is 0 Å². The fraction of sp³-hybridized carbons (Fsp3) is 0.375. The Morgan fingerprint density at radius 1 is 1.00 bits per heavy atom. The van der Waals surface area contributed by atoms with Gasteiger partial charge in [0.05, 0.1) is 5.75 Å². The summed E-state index contributed by atoms with van der Waals surface area (Å²) in [5.41, 5.74) is 1.31. The third-order valence-corrected chi connectivity index (χ3v) is 4.65. The van der Waals surface area contributed by atoms with Crippen molar-refractivity contribution in [3.63, 3.8) is 0 Å². The first kappa shape index (κ1) is 17.2. The first-order valence-electron chi connectivity index (χ1n) is 7.71. The third kappa shape index (κ3) is 6.23. The normalized spacial score (nSPS) is 11.2. The average molecular weight is 334 g/mol. The van der Waals surface area contributed by atoms with E-state index < -0.39 is 10.0 Å². The Morgan fingerprint density at radius 2 is 1.70 bits per heavy atom. The molecule has 0 saturated carbocycles. The van der Waals surface area contributed by atoms with Crippen LogP contribution in [0.2, 0.25) is 0 Å². The van der Waals surface area contributed by atoms with Crippen LogP contribution < -0.4 is 10.0 Å². The van der Waals surface area contributed by atoms with Gasteiger partial charge in [0, 0.05) is 6.54 Å². The number of nitrogens with one attached hydrogen (secondary N) is 2. The monoisotopic (exact) mass is 334 g/mol. The predicted octanol–water partition coefficient (Wildman–Crippen LogP) is 2.67. The summed E-state index contributed by atoms with van der Waals surface area (Å²) in [7, 11) is -3.32. The Hall–Kier alpha value is -2.15. The fourth-order valence-electron chi connectivity index (χ4n) is 2.11. The van der Waals surface area contributed by atoms with E-state index in [0.717, 1.165) is 19.4 Å². The zero-order chi connectivity index (χ0) is 16.5. The molecule has 0 aliphatic carbocycles. The standard InChI is InChI=1S/C16H22N4O2S/c1-2-13-23(21,22)20-16-11-10-15(18-19-16)17-12-6-9-14-7-4-3-5-8-14/h3-5,7-8,10-11H,2,6,9,12-13H2,1H3,(H,17,18)(H,19,20). The number of nitrogens with zero attached hydrogens (tertiary/aromatic N) is 2. The molecule has 1 aromatic carbocycles. The minimum Gasteiger partial charge on any atom is -0.369 e. The molecule has 0 aliphatic heterocycles. The second kappa shape index (κ2) is 8.47. The van der Waals surface area contributed by atoms with Gasteiger partial charge in [-0.3, -0.25) is 4.72 Å². The van der Waals surface area contributed by atoms with Crippen LogP contribution in [0.25, 0.3) is 0 Å². The number of hydrogen-bond donors (Lipinski definition) is 2. The van der Waals surface area contributed by atoms with Gasteiger partial charge >= 0.3 is 0 Å². The van der Waals surface area contributed by atoms with Crippen molar-refractivity contribution in [1.82, 2.24) is 10.2 Å². The summed E-state index contributed by atoms with van der Waals surface area (Å²) in [4.78, 5) is 0. The van der Waals surface area contributed by atoms with Crippen LogP contribution in [0.4, 0.5) is 11.6 Å². The molecule has 2 rings (SSSR count). The summed E-state index contributed by atoms with van der Waals surface area (Å²) in [6.07, 6.45) is 2.54. The summed E-state index contributed by atoms with van der Waals surface area (Å²) in [5, 5.41) is 11.0. The van der Waals surface area contributed by atoms with Crippen LogP contribution in [0.3, 0.4) is 0 Å². The van der Waals surface area contributed by atoms with E-state index in [4.69, 9.17) is 0 Å². The van der Waals surface area contributed by atoms with E-state index in [1.807, 2.05) is 25.1 Å². The Kier molecular flexibility index (Phi) is 6.34. The number of benzene rings is 1. The molecule has 2 aromatic rings. The van der Waals surface area contributed by atoms with Crippen molar-refractivity contribution >= 4 is 21.7 Å². The number of hydrogen-bond acceptors (Lipinski definition) is 5. The molecule has 0 unspecified atom stereocenters. The quantitative estimate of drug-likeness (QED) is 0.689. The largest absolute Gasteiger partial charge is 0.369 e. The smallest absolute Gasteiger partial charge is 0.233 e. The molecule has 7 heteroatoms. The molecule has 1 heterocycles. The maximum atomic E-state index is 11.6. The van der Waals surface area contributed by atoms with E-state index in [1.165, 1.54) is 5.56 Å². The van der Waals surface area contributed by atoms with Crippen molar-refractivity contribution in [2.75, 3.05) is 22.3 Å². The van der Waals surface area contributed by atoms with Gasteiger partial charge in [-0.2, -0.15) is 0 Å². The molecular formula is C16H22N4O2S. The van der Waals surface area contributed by atoms with Gasteiger partial charge in [0.25, 0.3) is 0 Å². The zero-order valence-electron chi connectivity index (χ0n) is 13.2. The minimum atomic E-state index is -3.32. The van der Waals surface area contributed by atoms with Crippen LogP contribution in [0.15, 0.2) is 42.5 Å². The maximum absolute atomic E-state index is 11.6. The lowest BCUT2D eigenvalue weighted by Gasteiger charge is -2.07. The third-order valence-electron chi connectivity index (χ3n) is 3.19. The average Bonchev–Trinajstić information content (AvgIpc) is 2.54. The summed E-state index contributed by atoms with van der Waals surface area (Å²) in [6.45, 7) is 2.60. The van der Waals surface area contributed by atoms with Gasteiger partial charge in [-0.15, -0.1) is 10.2 Å². The van der Waals surface area contributed by atoms with Gasteiger partial charge < -0.3 is 5.32 Å². The lowest BCUT2D eigenvalue weighted by atomic mass is 10.1. The van der Waals surface area contributed by atoms with Crippen LogP contribution in [0, 0.1) is 0 Å². The van der Waals surface area contributed by atoms with Gasteiger partial charge in [0.2, 0.25) is 10.0 Å². The van der Waals surface area contributed by atoms with Crippen LogP contribution >= 0.6 is 0 Å². The minimum absolute atomic E-state index is 0.0775. The van der Waals surface area contributed by atoms with Gasteiger partial charge in [0.15, 0.2) is 5.82 Å². The van der Waals surface area contributed by atoms with Gasteiger partial charge in [-0.05, 0) is 37.0 Å². The molecule has 0 spiro atoms. The van der Waals surface area contributed by atoms with Crippen LogP contribution in [-0.2, 0) is 16.4 Å². The molecule has 0 saturated heterocycles.